The number of aliphatic hydroxyl groups excluding tert-OH is 1. The molecule has 0 unspecified atom stereocenters. The number of aliphatic hydroxyl groups is 1. The molecule has 1 N–H and O–H groups in total. The summed E-state index contributed by atoms with van der Waals surface area (Å²) in [6.07, 6.45) is -2.82. The van der Waals surface area contributed by atoms with Gasteiger partial charge in [0.15, 0.2) is 5.69 Å². The molecule has 0 spiro atoms. The predicted octanol–water partition coefficient (Wildman–Crippen LogP) is 3.27. The number of rotatable bonds is 5. The van der Waals surface area contributed by atoms with E-state index in [4.69, 9.17) is 0 Å². The summed E-state index contributed by atoms with van der Waals surface area (Å²) in [6.45, 7) is 1.50. The monoisotopic (exact) mass is 371 g/mol. The zero-order chi connectivity index (χ0) is 18.9. The van der Waals surface area contributed by atoms with Crippen LogP contribution in [0, 0.1) is 11.7 Å². The van der Waals surface area contributed by atoms with Crippen LogP contribution in [0.4, 0.5) is 17.6 Å². The van der Waals surface area contributed by atoms with E-state index in [9.17, 15) is 22.7 Å². The molecule has 26 heavy (non-hydrogen) atoms. The molecule has 3 rings (SSSR count). The number of aromatic nitrogens is 2. The van der Waals surface area contributed by atoms with E-state index < -0.39 is 18.0 Å². The first-order chi connectivity index (χ1) is 12.2. The Morgan fingerprint density at radius 3 is 2.65 bits per heavy atom. The van der Waals surface area contributed by atoms with Gasteiger partial charge in [0, 0.05) is 32.3 Å². The number of aryl methyl sites for hydroxylation is 1. The molecule has 0 radical (unpaired) electrons. The number of halogens is 4. The van der Waals surface area contributed by atoms with Gasteiger partial charge in [-0.25, -0.2) is 9.37 Å². The third kappa shape index (κ3) is 4.42. The number of likely N-dealkylation sites (N-methyl/N-ethyl adjacent to an activating group) is 1. The molecule has 1 aliphatic rings. The van der Waals surface area contributed by atoms with E-state index in [1.807, 2.05) is 11.9 Å². The SMILES string of the molecule is CN(C[C@@H]1CCc2nc(C(F)(F)F)cn2C1)C[C@@H](O)c1ccc(F)cc1. The Kier molecular flexibility index (Phi) is 5.34. The number of nitrogens with zero attached hydrogens (tertiary/aromatic N) is 3. The van der Waals surface area contributed by atoms with Gasteiger partial charge in [-0.05, 0) is 37.1 Å². The summed E-state index contributed by atoms with van der Waals surface area (Å²) in [5, 5.41) is 10.3. The van der Waals surface area contributed by atoms with Gasteiger partial charge in [0.2, 0.25) is 0 Å². The summed E-state index contributed by atoms with van der Waals surface area (Å²) in [4.78, 5) is 5.63. The minimum Gasteiger partial charge on any atom is -0.387 e. The number of hydrogen-bond acceptors (Lipinski definition) is 3. The van der Waals surface area contributed by atoms with Gasteiger partial charge in [-0.15, -0.1) is 0 Å². The zero-order valence-electron chi connectivity index (χ0n) is 14.4. The fourth-order valence-corrected chi connectivity index (χ4v) is 3.40. The fraction of sp³-hybridized carbons (Fsp3) is 0.500. The first kappa shape index (κ1) is 18.8. The highest BCUT2D eigenvalue weighted by atomic mass is 19.4. The number of imidazole rings is 1. The molecule has 1 aromatic heterocycles. The maximum Gasteiger partial charge on any atom is 0.434 e. The maximum absolute atomic E-state index is 12.9. The molecular weight excluding hydrogens is 350 g/mol. The lowest BCUT2D eigenvalue weighted by atomic mass is 9.98. The highest BCUT2D eigenvalue weighted by Gasteiger charge is 2.35. The molecule has 142 valence electrons. The van der Waals surface area contributed by atoms with E-state index in [1.165, 1.54) is 12.1 Å². The molecular formula is C18H21F4N3O. The smallest absolute Gasteiger partial charge is 0.387 e. The molecule has 0 saturated carbocycles. The van der Waals surface area contributed by atoms with Crippen molar-refractivity contribution in [1.29, 1.82) is 0 Å². The van der Waals surface area contributed by atoms with Crippen LogP contribution in [0.3, 0.4) is 0 Å². The average Bonchev–Trinajstić information content (AvgIpc) is 2.99. The summed E-state index contributed by atoms with van der Waals surface area (Å²) in [5.74, 6) is 0.302. The lowest BCUT2D eigenvalue weighted by Crippen LogP contribution is -2.33. The number of alkyl halides is 3. The molecule has 8 heteroatoms. The van der Waals surface area contributed by atoms with Crippen molar-refractivity contribution in [2.24, 2.45) is 5.92 Å². The quantitative estimate of drug-likeness (QED) is 0.821. The normalized spacial score (nSPS) is 18.8. The molecule has 2 aromatic rings. The Morgan fingerprint density at radius 2 is 2.00 bits per heavy atom. The second-order valence-corrected chi connectivity index (χ2v) is 6.89. The Morgan fingerprint density at radius 1 is 1.31 bits per heavy atom. The Hall–Kier alpha value is -1.93. The van der Waals surface area contributed by atoms with E-state index in [0.717, 1.165) is 12.6 Å². The fourth-order valence-electron chi connectivity index (χ4n) is 3.40. The Balaban J connectivity index is 1.56. The van der Waals surface area contributed by atoms with Crippen molar-refractivity contribution in [3.63, 3.8) is 0 Å². The van der Waals surface area contributed by atoms with Crippen LogP contribution in [-0.2, 0) is 19.1 Å². The molecule has 0 amide bonds. The van der Waals surface area contributed by atoms with Crippen LogP contribution in [0.15, 0.2) is 30.5 Å². The second-order valence-electron chi connectivity index (χ2n) is 6.89. The summed E-state index contributed by atoms with van der Waals surface area (Å²) in [7, 11) is 1.86. The van der Waals surface area contributed by atoms with Gasteiger partial charge in [-0.1, -0.05) is 12.1 Å². The van der Waals surface area contributed by atoms with E-state index >= 15 is 0 Å². The second kappa shape index (κ2) is 7.36. The maximum atomic E-state index is 12.9. The van der Waals surface area contributed by atoms with Crippen LogP contribution < -0.4 is 0 Å². The van der Waals surface area contributed by atoms with Crippen molar-refractivity contribution in [1.82, 2.24) is 14.5 Å². The van der Waals surface area contributed by atoms with Gasteiger partial charge in [0.05, 0.1) is 6.10 Å². The van der Waals surface area contributed by atoms with E-state index in [-0.39, 0.29) is 11.7 Å². The summed E-state index contributed by atoms with van der Waals surface area (Å²) >= 11 is 0. The highest BCUT2D eigenvalue weighted by molar-refractivity contribution is 5.18. The van der Waals surface area contributed by atoms with Crippen LogP contribution in [0.5, 0.6) is 0 Å². The van der Waals surface area contributed by atoms with E-state index in [0.29, 0.717) is 37.4 Å². The van der Waals surface area contributed by atoms with Crippen LogP contribution in [0.1, 0.15) is 29.6 Å². The summed E-state index contributed by atoms with van der Waals surface area (Å²) < 4.78 is 52.9. The predicted molar refractivity (Wildman–Crippen MR) is 87.9 cm³/mol. The minimum absolute atomic E-state index is 0.184. The minimum atomic E-state index is -4.42. The van der Waals surface area contributed by atoms with Gasteiger partial charge >= 0.3 is 6.18 Å². The van der Waals surface area contributed by atoms with Crippen molar-refractivity contribution in [3.05, 3.63) is 53.4 Å². The molecule has 1 aliphatic heterocycles. The van der Waals surface area contributed by atoms with Crippen molar-refractivity contribution >= 4 is 0 Å². The molecule has 2 heterocycles. The molecule has 0 fully saturated rings. The molecule has 0 aliphatic carbocycles. The third-order valence-corrected chi connectivity index (χ3v) is 4.69. The van der Waals surface area contributed by atoms with Crippen LogP contribution in [-0.4, -0.2) is 39.7 Å². The van der Waals surface area contributed by atoms with E-state index in [1.54, 1.807) is 16.7 Å². The van der Waals surface area contributed by atoms with Crippen LogP contribution in [0.25, 0.3) is 0 Å². The first-order valence-electron chi connectivity index (χ1n) is 8.47. The van der Waals surface area contributed by atoms with Crippen molar-refractivity contribution < 1.29 is 22.7 Å². The van der Waals surface area contributed by atoms with Crippen molar-refractivity contribution in [3.8, 4) is 0 Å². The van der Waals surface area contributed by atoms with Crippen LogP contribution in [0.2, 0.25) is 0 Å². The zero-order valence-corrected chi connectivity index (χ0v) is 14.4. The number of benzene rings is 1. The Bertz CT molecular complexity index is 742. The largest absolute Gasteiger partial charge is 0.434 e. The summed E-state index contributed by atoms with van der Waals surface area (Å²) in [5.41, 5.74) is -0.207. The van der Waals surface area contributed by atoms with Gasteiger partial charge in [-0.2, -0.15) is 13.2 Å². The molecule has 0 bridgehead atoms. The number of fused-ring (bicyclic) bond motifs is 1. The van der Waals surface area contributed by atoms with Gasteiger partial charge in [0.25, 0.3) is 0 Å². The number of hydrogen-bond donors (Lipinski definition) is 1. The van der Waals surface area contributed by atoms with Crippen molar-refractivity contribution in [2.75, 3.05) is 20.1 Å². The first-order valence-corrected chi connectivity index (χ1v) is 8.47. The average molecular weight is 371 g/mol. The van der Waals surface area contributed by atoms with Crippen molar-refractivity contribution in [2.45, 2.75) is 31.7 Å². The highest BCUT2D eigenvalue weighted by Crippen LogP contribution is 2.31. The lowest BCUT2D eigenvalue weighted by Gasteiger charge is -2.29. The standard InChI is InChI=1S/C18H21F4N3O/c1-24(10-15(26)13-3-5-14(19)6-4-13)8-12-2-7-17-23-16(18(20,21)22)11-25(17)9-12/h3-6,11-12,15,26H,2,7-10H2,1H3/t12-,15+/m0/s1. The van der Waals surface area contributed by atoms with Gasteiger partial charge in [0.1, 0.15) is 11.6 Å². The van der Waals surface area contributed by atoms with Crippen LogP contribution >= 0.6 is 0 Å². The van der Waals surface area contributed by atoms with E-state index in [2.05, 4.69) is 4.98 Å². The molecule has 4 nitrogen and oxygen atoms in total. The topological polar surface area (TPSA) is 41.3 Å². The third-order valence-electron chi connectivity index (χ3n) is 4.69. The summed E-state index contributed by atoms with van der Waals surface area (Å²) in [6, 6.07) is 5.70. The lowest BCUT2D eigenvalue weighted by molar-refractivity contribution is -0.141. The molecule has 0 saturated heterocycles. The van der Waals surface area contributed by atoms with Gasteiger partial charge in [-0.3, -0.25) is 0 Å². The van der Waals surface area contributed by atoms with Gasteiger partial charge < -0.3 is 14.6 Å². The molecule has 1 aromatic carbocycles. The molecule has 2 atom stereocenters. The Labute approximate surface area is 149 Å².